The zero-order chi connectivity index (χ0) is 16.5. The average molecular weight is 307 g/mol. The molecule has 0 spiro atoms. The van der Waals surface area contributed by atoms with Crippen LogP contribution < -0.4 is 5.32 Å². The molecule has 2 rings (SSSR count). The highest BCUT2D eigenvalue weighted by molar-refractivity contribution is 5.82. The smallest absolute Gasteiger partial charge is 0.165 e. The number of aliphatic hydroxyl groups is 1. The highest BCUT2D eigenvalue weighted by Crippen LogP contribution is 2.23. The SMILES string of the molecule is CC.CCNc1ncnc2c1ncn2C(C)CCC(C)CO. The molecule has 0 aliphatic rings. The van der Waals surface area contributed by atoms with E-state index in [4.69, 9.17) is 5.11 Å². The van der Waals surface area contributed by atoms with E-state index < -0.39 is 0 Å². The van der Waals surface area contributed by atoms with E-state index in [2.05, 4.69) is 38.7 Å². The molecule has 2 unspecified atom stereocenters. The number of rotatable bonds is 7. The maximum atomic E-state index is 9.10. The lowest BCUT2D eigenvalue weighted by molar-refractivity contribution is 0.223. The lowest BCUT2D eigenvalue weighted by Gasteiger charge is -2.16. The standard InChI is InChI=1S/C14H23N5O.C2H6/c1-4-15-13-12-14(17-8-16-13)19(9-18-12)11(3)6-5-10(2)7-20;1-2/h8-11,20H,4-7H2,1-3H3,(H,15,16,17);1-2H3. The van der Waals surface area contributed by atoms with Crippen molar-refractivity contribution in [1.82, 2.24) is 19.5 Å². The zero-order valence-electron chi connectivity index (χ0n) is 14.4. The number of hydrogen-bond donors (Lipinski definition) is 2. The fourth-order valence-corrected chi connectivity index (χ4v) is 2.23. The molecule has 0 aliphatic carbocycles. The summed E-state index contributed by atoms with van der Waals surface area (Å²) in [5, 5.41) is 12.3. The van der Waals surface area contributed by atoms with Crippen LogP contribution in [0.4, 0.5) is 5.82 Å². The van der Waals surface area contributed by atoms with Crippen LogP contribution in [-0.4, -0.2) is 37.8 Å². The number of nitrogens with zero attached hydrogens (tertiary/aromatic N) is 4. The molecule has 0 bridgehead atoms. The molecule has 22 heavy (non-hydrogen) atoms. The minimum atomic E-state index is 0.240. The van der Waals surface area contributed by atoms with Crippen LogP contribution in [-0.2, 0) is 0 Å². The maximum Gasteiger partial charge on any atom is 0.165 e. The van der Waals surface area contributed by atoms with Crippen LogP contribution in [0, 0.1) is 5.92 Å². The fraction of sp³-hybridized carbons (Fsp3) is 0.688. The van der Waals surface area contributed by atoms with Crippen molar-refractivity contribution in [2.45, 2.75) is 53.5 Å². The van der Waals surface area contributed by atoms with Gasteiger partial charge in [-0.2, -0.15) is 0 Å². The van der Waals surface area contributed by atoms with Gasteiger partial charge >= 0.3 is 0 Å². The van der Waals surface area contributed by atoms with E-state index in [9.17, 15) is 0 Å². The summed E-state index contributed by atoms with van der Waals surface area (Å²) in [6.07, 6.45) is 5.38. The Labute approximate surface area is 133 Å². The number of fused-ring (bicyclic) bond motifs is 1. The molecule has 0 saturated carbocycles. The van der Waals surface area contributed by atoms with Gasteiger partial charge in [-0.05, 0) is 32.6 Å². The summed E-state index contributed by atoms with van der Waals surface area (Å²) in [7, 11) is 0. The first kappa shape index (κ1) is 18.4. The minimum absolute atomic E-state index is 0.240. The summed E-state index contributed by atoms with van der Waals surface area (Å²) >= 11 is 0. The number of aliphatic hydroxyl groups excluding tert-OH is 1. The van der Waals surface area contributed by atoms with Crippen molar-refractivity contribution in [1.29, 1.82) is 0 Å². The minimum Gasteiger partial charge on any atom is -0.396 e. The van der Waals surface area contributed by atoms with Gasteiger partial charge in [-0.25, -0.2) is 15.0 Å². The molecular formula is C16H29N5O. The van der Waals surface area contributed by atoms with Crippen LogP contribution in [0.5, 0.6) is 0 Å². The Morgan fingerprint density at radius 3 is 2.55 bits per heavy atom. The lowest BCUT2D eigenvalue weighted by Crippen LogP contribution is -2.09. The van der Waals surface area contributed by atoms with Crippen LogP contribution in [0.3, 0.4) is 0 Å². The second kappa shape index (κ2) is 9.35. The quantitative estimate of drug-likeness (QED) is 0.821. The monoisotopic (exact) mass is 307 g/mol. The molecule has 0 amide bonds. The lowest BCUT2D eigenvalue weighted by atomic mass is 10.0. The van der Waals surface area contributed by atoms with Gasteiger partial charge in [-0.3, -0.25) is 0 Å². The molecule has 0 radical (unpaired) electrons. The van der Waals surface area contributed by atoms with E-state index in [0.717, 1.165) is 36.4 Å². The van der Waals surface area contributed by atoms with E-state index >= 15 is 0 Å². The molecular weight excluding hydrogens is 278 g/mol. The second-order valence-electron chi connectivity index (χ2n) is 5.29. The van der Waals surface area contributed by atoms with Gasteiger partial charge in [-0.1, -0.05) is 20.8 Å². The van der Waals surface area contributed by atoms with Crippen molar-refractivity contribution >= 4 is 17.0 Å². The molecule has 0 aromatic carbocycles. The van der Waals surface area contributed by atoms with Gasteiger partial charge in [0.1, 0.15) is 11.8 Å². The predicted octanol–water partition coefficient (Wildman–Crippen LogP) is 3.25. The van der Waals surface area contributed by atoms with E-state index in [1.807, 2.05) is 27.1 Å². The summed E-state index contributed by atoms with van der Waals surface area (Å²) in [5.41, 5.74) is 1.68. The van der Waals surface area contributed by atoms with Crippen molar-refractivity contribution < 1.29 is 5.11 Å². The highest BCUT2D eigenvalue weighted by atomic mass is 16.3. The molecule has 2 heterocycles. The maximum absolute atomic E-state index is 9.10. The van der Waals surface area contributed by atoms with Crippen LogP contribution >= 0.6 is 0 Å². The first-order valence-electron chi connectivity index (χ1n) is 8.19. The molecule has 124 valence electrons. The van der Waals surface area contributed by atoms with Crippen molar-refractivity contribution in [2.24, 2.45) is 5.92 Å². The van der Waals surface area contributed by atoms with Crippen molar-refractivity contribution in [3.63, 3.8) is 0 Å². The highest BCUT2D eigenvalue weighted by Gasteiger charge is 2.14. The summed E-state index contributed by atoms with van der Waals surface area (Å²) in [6.45, 7) is 11.3. The number of hydrogen-bond acceptors (Lipinski definition) is 5. The Hall–Kier alpha value is -1.69. The molecule has 2 aromatic heterocycles. The Kier molecular flexibility index (Phi) is 7.80. The van der Waals surface area contributed by atoms with Gasteiger partial charge < -0.3 is 15.0 Å². The van der Waals surface area contributed by atoms with Crippen molar-refractivity contribution in [3.8, 4) is 0 Å². The van der Waals surface area contributed by atoms with E-state index in [-0.39, 0.29) is 6.61 Å². The third-order valence-corrected chi connectivity index (χ3v) is 3.57. The zero-order valence-corrected chi connectivity index (χ0v) is 14.4. The summed E-state index contributed by atoms with van der Waals surface area (Å²) < 4.78 is 2.09. The van der Waals surface area contributed by atoms with Gasteiger partial charge in [0, 0.05) is 19.2 Å². The van der Waals surface area contributed by atoms with Crippen molar-refractivity contribution in [2.75, 3.05) is 18.5 Å². The Morgan fingerprint density at radius 2 is 1.91 bits per heavy atom. The average Bonchev–Trinajstić information content (AvgIpc) is 2.99. The fourth-order valence-electron chi connectivity index (χ4n) is 2.23. The number of imidazole rings is 1. The molecule has 2 N–H and O–H groups in total. The molecule has 6 heteroatoms. The normalized spacial score (nSPS) is 13.4. The summed E-state index contributed by atoms with van der Waals surface area (Å²) in [4.78, 5) is 13.0. The van der Waals surface area contributed by atoms with Crippen molar-refractivity contribution in [3.05, 3.63) is 12.7 Å². The number of nitrogens with one attached hydrogen (secondary N) is 1. The third-order valence-electron chi connectivity index (χ3n) is 3.57. The Bertz CT molecular complexity index is 554. The molecule has 0 saturated heterocycles. The van der Waals surface area contributed by atoms with Gasteiger partial charge in [0.25, 0.3) is 0 Å². The molecule has 0 aliphatic heterocycles. The van der Waals surface area contributed by atoms with Gasteiger partial charge in [0.15, 0.2) is 11.5 Å². The summed E-state index contributed by atoms with van der Waals surface area (Å²) in [6, 6.07) is 0.304. The van der Waals surface area contributed by atoms with Crippen LogP contribution in [0.15, 0.2) is 12.7 Å². The third kappa shape index (κ3) is 4.40. The van der Waals surface area contributed by atoms with Gasteiger partial charge in [0.2, 0.25) is 0 Å². The largest absolute Gasteiger partial charge is 0.396 e. The number of anilines is 1. The Balaban J connectivity index is 0.00000116. The molecule has 2 atom stereocenters. The summed E-state index contributed by atoms with van der Waals surface area (Å²) in [5.74, 6) is 1.12. The van der Waals surface area contributed by atoms with E-state index in [0.29, 0.717) is 12.0 Å². The molecule has 2 aromatic rings. The van der Waals surface area contributed by atoms with Gasteiger partial charge in [0.05, 0.1) is 6.33 Å². The second-order valence-corrected chi connectivity index (χ2v) is 5.29. The van der Waals surface area contributed by atoms with E-state index in [1.54, 1.807) is 6.33 Å². The predicted molar refractivity (Wildman–Crippen MR) is 91.0 cm³/mol. The van der Waals surface area contributed by atoms with Crippen LogP contribution in [0.25, 0.3) is 11.2 Å². The molecule has 0 fully saturated rings. The first-order valence-corrected chi connectivity index (χ1v) is 8.19. The Morgan fingerprint density at radius 1 is 1.18 bits per heavy atom. The van der Waals surface area contributed by atoms with Gasteiger partial charge in [-0.15, -0.1) is 0 Å². The first-order chi connectivity index (χ1) is 10.7. The number of aromatic nitrogens is 4. The van der Waals surface area contributed by atoms with Crippen LogP contribution in [0.2, 0.25) is 0 Å². The molecule has 6 nitrogen and oxygen atoms in total. The topological polar surface area (TPSA) is 75.9 Å². The van der Waals surface area contributed by atoms with Crippen LogP contribution in [0.1, 0.15) is 53.5 Å². The van der Waals surface area contributed by atoms with E-state index in [1.165, 1.54) is 0 Å².